The first-order chi connectivity index (χ1) is 13.1. The molecule has 2 aromatic heterocycles. The van der Waals surface area contributed by atoms with Crippen LogP contribution in [0.4, 0.5) is 0 Å². The molecule has 0 radical (unpaired) electrons. The van der Waals surface area contributed by atoms with E-state index in [-0.39, 0.29) is 11.7 Å². The molecule has 0 spiro atoms. The van der Waals surface area contributed by atoms with Crippen LogP contribution < -0.4 is 5.48 Å². The number of nitrogens with one attached hydrogen (secondary N) is 1. The predicted molar refractivity (Wildman–Crippen MR) is 99.0 cm³/mol. The van der Waals surface area contributed by atoms with Crippen molar-refractivity contribution in [3.05, 3.63) is 95.1 Å². The number of carboxylic acids is 1. The van der Waals surface area contributed by atoms with E-state index in [4.69, 9.17) is 4.84 Å². The maximum atomic E-state index is 11.5. The molecule has 136 valence electrons. The van der Waals surface area contributed by atoms with Crippen LogP contribution in [0.3, 0.4) is 0 Å². The summed E-state index contributed by atoms with van der Waals surface area (Å²) in [5, 5.41) is 9.40. The molecule has 0 saturated carbocycles. The Morgan fingerprint density at radius 3 is 2.78 bits per heavy atom. The second kappa shape index (κ2) is 6.90. The standard InChI is InChI=1S/C21H19N3O3/c1-14-8-9-19(23-13-14)21(16-6-4-5-15(11-16)20(25)26)12-18(27-24-21)17-7-2-3-10-22-17/h2-11,13,18,24H,12H2,1H3,(H,25,26)/t18-,21?/m0/s1. The van der Waals surface area contributed by atoms with Gasteiger partial charge in [-0.05, 0) is 48.4 Å². The van der Waals surface area contributed by atoms with Crippen molar-refractivity contribution in [3.8, 4) is 0 Å². The van der Waals surface area contributed by atoms with Crippen molar-refractivity contribution in [1.82, 2.24) is 15.4 Å². The molecule has 3 heterocycles. The number of benzene rings is 1. The minimum Gasteiger partial charge on any atom is -0.478 e. The van der Waals surface area contributed by atoms with Crippen molar-refractivity contribution < 1.29 is 14.7 Å². The topological polar surface area (TPSA) is 84.3 Å². The van der Waals surface area contributed by atoms with Crippen molar-refractivity contribution in [2.45, 2.75) is 25.0 Å². The van der Waals surface area contributed by atoms with Crippen molar-refractivity contribution >= 4 is 5.97 Å². The second-order valence-corrected chi connectivity index (χ2v) is 6.68. The summed E-state index contributed by atoms with van der Waals surface area (Å²) in [6, 6.07) is 16.5. The van der Waals surface area contributed by atoms with E-state index < -0.39 is 11.5 Å². The molecule has 1 aliphatic rings. The molecule has 4 rings (SSSR count). The zero-order valence-electron chi connectivity index (χ0n) is 14.8. The van der Waals surface area contributed by atoms with E-state index in [1.54, 1.807) is 30.6 Å². The Kier molecular flexibility index (Phi) is 4.43. The lowest BCUT2D eigenvalue weighted by Crippen LogP contribution is -2.38. The number of aromatic nitrogens is 2. The van der Waals surface area contributed by atoms with Gasteiger partial charge < -0.3 is 5.11 Å². The van der Waals surface area contributed by atoms with E-state index in [9.17, 15) is 9.90 Å². The molecule has 0 aliphatic carbocycles. The summed E-state index contributed by atoms with van der Waals surface area (Å²) in [4.78, 5) is 26.4. The second-order valence-electron chi connectivity index (χ2n) is 6.68. The minimum atomic E-state index is -0.968. The molecule has 6 nitrogen and oxygen atoms in total. The molecule has 0 amide bonds. The average Bonchev–Trinajstić information content (AvgIpc) is 3.16. The van der Waals surface area contributed by atoms with Crippen molar-refractivity contribution in [2.75, 3.05) is 0 Å². The third-order valence-electron chi connectivity index (χ3n) is 4.84. The van der Waals surface area contributed by atoms with Gasteiger partial charge in [0.15, 0.2) is 0 Å². The summed E-state index contributed by atoms with van der Waals surface area (Å²) in [6.45, 7) is 1.98. The fourth-order valence-electron chi connectivity index (χ4n) is 3.38. The van der Waals surface area contributed by atoms with Gasteiger partial charge in [0, 0.05) is 18.8 Å². The number of hydrogen-bond donors (Lipinski definition) is 2. The first kappa shape index (κ1) is 17.3. The number of rotatable bonds is 4. The summed E-state index contributed by atoms with van der Waals surface area (Å²) >= 11 is 0. The van der Waals surface area contributed by atoms with Crippen LogP contribution in [0.5, 0.6) is 0 Å². The van der Waals surface area contributed by atoms with Gasteiger partial charge in [0.25, 0.3) is 0 Å². The lowest BCUT2D eigenvalue weighted by molar-refractivity contribution is 0.0132. The maximum absolute atomic E-state index is 11.5. The quantitative estimate of drug-likeness (QED) is 0.741. The van der Waals surface area contributed by atoms with Gasteiger partial charge in [-0.15, -0.1) is 0 Å². The average molecular weight is 361 g/mol. The number of aromatic carboxylic acids is 1. The zero-order chi connectivity index (χ0) is 18.9. The molecular weight excluding hydrogens is 342 g/mol. The molecular formula is C21H19N3O3. The third kappa shape index (κ3) is 3.20. The van der Waals surface area contributed by atoms with Gasteiger partial charge in [-0.3, -0.25) is 14.8 Å². The smallest absolute Gasteiger partial charge is 0.335 e. The van der Waals surface area contributed by atoms with Crippen LogP contribution in [-0.2, 0) is 10.4 Å². The highest BCUT2D eigenvalue weighted by Gasteiger charge is 2.45. The van der Waals surface area contributed by atoms with Gasteiger partial charge in [0.05, 0.1) is 17.0 Å². The van der Waals surface area contributed by atoms with Crippen LogP contribution in [0.15, 0.2) is 67.0 Å². The van der Waals surface area contributed by atoms with Crippen LogP contribution in [-0.4, -0.2) is 21.0 Å². The highest BCUT2D eigenvalue weighted by atomic mass is 16.7. The Bertz CT molecular complexity index is 960. The van der Waals surface area contributed by atoms with E-state index >= 15 is 0 Å². The van der Waals surface area contributed by atoms with E-state index in [0.717, 1.165) is 22.5 Å². The Morgan fingerprint density at radius 2 is 2.07 bits per heavy atom. The highest BCUT2D eigenvalue weighted by molar-refractivity contribution is 5.87. The number of pyridine rings is 2. The first-order valence-corrected chi connectivity index (χ1v) is 8.69. The number of carbonyl (C=O) groups is 1. The van der Waals surface area contributed by atoms with Gasteiger partial charge in [-0.2, -0.15) is 5.48 Å². The summed E-state index contributed by atoms with van der Waals surface area (Å²) in [7, 11) is 0. The number of carboxylic acid groups (broad SMARTS) is 1. The van der Waals surface area contributed by atoms with Gasteiger partial charge in [0.1, 0.15) is 11.6 Å². The van der Waals surface area contributed by atoms with Crippen LogP contribution in [0.1, 0.15) is 45.4 Å². The molecule has 27 heavy (non-hydrogen) atoms. The van der Waals surface area contributed by atoms with Crippen molar-refractivity contribution in [1.29, 1.82) is 0 Å². The molecule has 1 aliphatic heterocycles. The molecule has 2 N–H and O–H groups in total. The lowest BCUT2D eigenvalue weighted by Gasteiger charge is -2.28. The fourth-order valence-corrected chi connectivity index (χ4v) is 3.38. The predicted octanol–water partition coefficient (Wildman–Crippen LogP) is 3.39. The molecule has 2 atom stereocenters. The SMILES string of the molecule is Cc1ccc(C2(c3cccc(C(=O)O)c3)C[C@@H](c3ccccn3)ON2)nc1. The number of hydroxylamine groups is 1. The highest BCUT2D eigenvalue weighted by Crippen LogP contribution is 2.43. The van der Waals surface area contributed by atoms with Gasteiger partial charge in [-0.25, -0.2) is 4.79 Å². The molecule has 1 aromatic carbocycles. The fraction of sp³-hybridized carbons (Fsp3) is 0.190. The molecule has 1 saturated heterocycles. The Hall–Kier alpha value is -3.09. The van der Waals surface area contributed by atoms with Crippen LogP contribution in [0, 0.1) is 6.92 Å². The van der Waals surface area contributed by atoms with Gasteiger partial charge in [-0.1, -0.05) is 24.3 Å². The third-order valence-corrected chi connectivity index (χ3v) is 4.84. The number of aryl methyl sites for hydroxylation is 1. The van der Waals surface area contributed by atoms with E-state index in [1.807, 2.05) is 43.3 Å². The minimum absolute atomic E-state index is 0.224. The molecule has 1 unspecified atom stereocenters. The monoisotopic (exact) mass is 361 g/mol. The van der Waals surface area contributed by atoms with Crippen LogP contribution in [0.2, 0.25) is 0 Å². The molecule has 0 bridgehead atoms. The Balaban J connectivity index is 1.81. The van der Waals surface area contributed by atoms with Gasteiger partial charge >= 0.3 is 5.97 Å². The lowest BCUT2D eigenvalue weighted by atomic mass is 9.81. The Labute approximate surface area is 156 Å². The van der Waals surface area contributed by atoms with Gasteiger partial charge in [0.2, 0.25) is 0 Å². The molecule has 1 fully saturated rings. The maximum Gasteiger partial charge on any atom is 0.335 e. The Morgan fingerprint density at radius 1 is 1.19 bits per heavy atom. The van der Waals surface area contributed by atoms with Crippen molar-refractivity contribution in [3.63, 3.8) is 0 Å². The van der Waals surface area contributed by atoms with Crippen LogP contribution >= 0.6 is 0 Å². The summed E-state index contributed by atoms with van der Waals surface area (Å²) in [5.41, 5.74) is 6.03. The van der Waals surface area contributed by atoms with E-state index in [0.29, 0.717) is 6.42 Å². The largest absolute Gasteiger partial charge is 0.478 e. The van der Waals surface area contributed by atoms with E-state index in [2.05, 4.69) is 15.4 Å². The normalized spacial score (nSPS) is 21.9. The van der Waals surface area contributed by atoms with Crippen LogP contribution in [0.25, 0.3) is 0 Å². The number of nitrogens with zero attached hydrogens (tertiary/aromatic N) is 2. The molecule has 6 heteroatoms. The number of hydrogen-bond acceptors (Lipinski definition) is 5. The summed E-state index contributed by atoms with van der Waals surface area (Å²) in [6.07, 6.45) is 3.80. The zero-order valence-corrected chi connectivity index (χ0v) is 14.8. The molecule has 3 aromatic rings. The summed E-state index contributed by atoms with van der Waals surface area (Å²) in [5.74, 6) is -0.968. The van der Waals surface area contributed by atoms with Crippen molar-refractivity contribution in [2.24, 2.45) is 0 Å². The van der Waals surface area contributed by atoms with E-state index in [1.165, 1.54) is 0 Å². The summed E-state index contributed by atoms with van der Waals surface area (Å²) < 4.78 is 0. The first-order valence-electron chi connectivity index (χ1n) is 8.69.